The minimum Gasteiger partial charge on any atom is -0.458 e. The zero-order valence-electron chi connectivity index (χ0n) is 23.5. The molecule has 0 aromatic heterocycles. The number of rotatable bonds is 4. The molecule has 2 heterocycles. The SMILES string of the molecule is COC1CC(OC2CCC3(C)C(CCC4C3C(O)C(=O)C3(C)C(C5=CC(=O)OC5)CCC43O)C2)OC(C)C1O. The molecule has 4 aliphatic carbocycles. The lowest BCUT2D eigenvalue weighted by molar-refractivity contribution is -0.275. The molecule has 5 fully saturated rings. The quantitative estimate of drug-likeness (QED) is 0.358. The van der Waals surface area contributed by atoms with Crippen molar-refractivity contribution in [1.82, 2.24) is 0 Å². The molecule has 0 aromatic rings. The van der Waals surface area contributed by atoms with Crippen molar-refractivity contribution in [2.45, 2.75) is 115 Å². The lowest BCUT2D eigenvalue weighted by Crippen LogP contribution is -2.70. The number of carbonyl (C=O) groups is 2. The van der Waals surface area contributed by atoms with Crippen LogP contribution in [-0.4, -0.2) is 83.2 Å². The van der Waals surface area contributed by atoms with E-state index in [1.54, 1.807) is 7.11 Å². The minimum absolute atomic E-state index is 0.0166. The minimum atomic E-state index is -1.23. The van der Waals surface area contributed by atoms with Crippen molar-refractivity contribution in [2.24, 2.45) is 34.5 Å². The fourth-order valence-electron chi connectivity index (χ4n) is 9.86. The lowest BCUT2D eigenvalue weighted by atomic mass is 9.42. The number of aliphatic hydroxyl groups excluding tert-OH is 2. The van der Waals surface area contributed by atoms with Crippen molar-refractivity contribution >= 4 is 11.8 Å². The Labute approximate surface area is 230 Å². The third-order valence-electron chi connectivity index (χ3n) is 12.1. The topological polar surface area (TPSA) is 132 Å². The molecule has 6 aliphatic rings. The molecule has 6 rings (SSSR count). The van der Waals surface area contributed by atoms with Gasteiger partial charge in [-0.15, -0.1) is 0 Å². The molecule has 9 nitrogen and oxygen atoms in total. The highest BCUT2D eigenvalue weighted by atomic mass is 16.7. The van der Waals surface area contributed by atoms with Gasteiger partial charge in [0.2, 0.25) is 0 Å². The van der Waals surface area contributed by atoms with Crippen molar-refractivity contribution in [1.29, 1.82) is 0 Å². The largest absolute Gasteiger partial charge is 0.458 e. The Morgan fingerprint density at radius 2 is 1.82 bits per heavy atom. The number of ketones is 1. The molecule has 13 unspecified atom stereocenters. The maximum atomic E-state index is 14.1. The van der Waals surface area contributed by atoms with E-state index in [0.29, 0.717) is 19.3 Å². The molecule has 3 N–H and O–H groups in total. The number of methoxy groups -OCH3 is 1. The fraction of sp³-hybridized carbons (Fsp3) is 0.867. The molecule has 1 saturated heterocycles. The number of fused-ring (bicyclic) bond motifs is 5. The summed E-state index contributed by atoms with van der Waals surface area (Å²) in [5.41, 5.74) is -1.91. The Kier molecular flexibility index (Phi) is 6.84. The number of carbonyl (C=O) groups excluding carboxylic acids is 2. The Balaban J connectivity index is 1.21. The predicted molar refractivity (Wildman–Crippen MR) is 138 cm³/mol. The number of esters is 1. The third-order valence-corrected chi connectivity index (χ3v) is 12.1. The number of cyclic esters (lactones) is 1. The summed E-state index contributed by atoms with van der Waals surface area (Å²) in [7, 11) is 1.59. The van der Waals surface area contributed by atoms with Gasteiger partial charge in [-0.1, -0.05) is 6.92 Å². The van der Waals surface area contributed by atoms with Crippen molar-refractivity contribution in [3.8, 4) is 0 Å². The van der Waals surface area contributed by atoms with E-state index in [2.05, 4.69) is 6.92 Å². The van der Waals surface area contributed by atoms with Crippen LogP contribution in [0.3, 0.4) is 0 Å². The van der Waals surface area contributed by atoms with Crippen LogP contribution in [-0.2, 0) is 28.5 Å². The van der Waals surface area contributed by atoms with Gasteiger partial charge in [-0.05, 0) is 87.5 Å². The van der Waals surface area contributed by atoms with E-state index < -0.39 is 35.5 Å². The molecular formula is C30H44O9. The maximum Gasteiger partial charge on any atom is 0.331 e. The van der Waals surface area contributed by atoms with E-state index in [0.717, 1.165) is 37.7 Å². The summed E-state index contributed by atoms with van der Waals surface area (Å²) in [6.45, 7) is 5.99. The summed E-state index contributed by atoms with van der Waals surface area (Å²) < 4.78 is 23.0. The van der Waals surface area contributed by atoms with Crippen LogP contribution in [0.25, 0.3) is 0 Å². The van der Waals surface area contributed by atoms with E-state index in [-0.39, 0.29) is 59.8 Å². The van der Waals surface area contributed by atoms with E-state index in [9.17, 15) is 24.9 Å². The summed E-state index contributed by atoms with van der Waals surface area (Å²) in [6, 6.07) is 0. The van der Waals surface area contributed by atoms with Crippen molar-refractivity contribution in [3.63, 3.8) is 0 Å². The Morgan fingerprint density at radius 1 is 1.05 bits per heavy atom. The zero-order chi connectivity index (χ0) is 27.9. The first-order valence-corrected chi connectivity index (χ1v) is 14.8. The Bertz CT molecular complexity index is 1040. The van der Waals surface area contributed by atoms with Crippen LogP contribution in [0.15, 0.2) is 11.6 Å². The standard InChI is InChI=1S/C30H44O9/c1-15-25(32)21(36-4)13-23(38-15)39-18-7-9-28(2)17(12-18)5-6-20-24(28)26(33)27(34)29(3)19(8-10-30(20,29)35)16-11-22(31)37-14-16/h11,15,17-21,23-26,32-33,35H,5-10,12-14H2,1-4H3. The number of aliphatic hydroxyl groups is 3. The fourth-order valence-corrected chi connectivity index (χ4v) is 9.86. The smallest absolute Gasteiger partial charge is 0.331 e. The molecule has 39 heavy (non-hydrogen) atoms. The van der Waals surface area contributed by atoms with E-state index in [4.69, 9.17) is 18.9 Å². The van der Waals surface area contributed by atoms with E-state index >= 15 is 0 Å². The van der Waals surface area contributed by atoms with Crippen molar-refractivity contribution in [2.75, 3.05) is 13.7 Å². The lowest BCUT2D eigenvalue weighted by Gasteiger charge is -2.64. The second-order valence-corrected chi connectivity index (χ2v) is 13.6. The molecule has 0 radical (unpaired) electrons. The summed E-state index contributed by atoms with van der Waals surface area (Å²) >= 11 is 0. The second-order valence-electron chi connectivity index (χ2n) is 13.6. The van der Waals surface area contributed by atoms with Gasteiger partial charge in [-0.3, -0.25) is 4.79 Å². The second kappa shape index (κ2) is 9.60. The highest BCUT2D eigenvalue weighted by Crippen LogP contribution is 2.69. The van der Waals surface area contributed by atoms with Gasteiger partial charge in [-0.2, -0.15) is 0 Å². The van der Waals surface area contributed by atoms with Crippen molar-refractivity contribution < 1.29 is 43.9 Å². The molecular weight excluding hydrogens is 504 g/mol. The first-order chi connectivity index (χ1) is 18.4. The van der Waals surface area contributed by atoms with Gasteiger partial charge in [0.05, 0.1) is 29.3 Å². The normalized spacial score (nSPS) is 53.5. The van der Waals surface area contributed by atoms with Crippen LogP contribution in [0.2, 0.25) is 0 Å². The molecule has 0 aromatic carbocycles. The Hall–Kier alpha value is -1.36. The summed E-state index contributed by atoms with van der Waals surface area (Å²) in [5, 5.41) is 34.3. The van der Waals surface area contributed by atoms with Crippen LogP contribution in [0.5, 0.6) is 0 Å². The number of hydrogen-bond donors (Lipinski definition) is 3. The van der Waals surface area contributed by atoms with Crippen LogP contribution >= 0.6 is 0 Å². The third kappa shape index (κ3) is 3.94. The van der Waals surface area contributed by atoms with Gasteiger partial charge in [0, 0.05) is 25.5 Å². The average molecular weight is 549 g/mol. The van der Waals surface area contributed by atoms with Gasteiger partial charge >= 0.3 is 5.97 Å². The van der Waals surface area contributed by atoms with Crippen LogP contribution in [0, 0.1) is 34.5 Å². The van der Waals surface area contributed by atoms with Gasteiger partial charge in [0.1, 0.15) is 18.8 Å². The summed E-state index contributed by atoms with van der Waals surface area (Å²) in [4.78, 5) is 25.9. The summed E-state index contributed by atoms with van der Waals surface area (Å²) in [5.74, 6) is -1.26. The molecule has 218 valence electrons. The van der Waals surface area contributed by atoms with Gasteiger partial charge < -0.3 is 34.3 Å². The molecule has 2 aliphatic heterocycles. The number of Topliss-reactive ketones (excluding diaryl/α,β-unsaturated/α-hetero) is 1. The van der Waals surface area contributed by atoms with Gasteiger partial charge in [0.15, 0.2) is 12.1 Å². The highest BCUT2D eigenvalue weighted by Gasteiger charge is 2.73. The molecule has 9 heteroatoms. The van der Waals surface area contributed by atoms with Crippen LogP contribution in [0.4, 0.5) is 0 Å². The van der Waals surface area contributed by atoms with E-state index in [1.165, 1.54) is 6.08 Å². The zero-order valence-corrected chi connectivity index (χ0v) is 23.5. The first kappa shape index (κ1) is 27.8. The molecule has 13 atom stereocenters. The maximum absolute atomic E-state index is 14.1. The number of hydrogen-bond acceptors (Lipinski definition) is 9. The molecule has 0 spiro atoms. The molecule has 0 bridgehead atoms. The number of ether oxygens (including phenoxy) is 4. The van der Waals surface area contributed by atoms with Crippen molar-refractivity contribution in [3.05, 3.63) is 11.6 Å². The monoisotopic (exact) mass is 548 g/mol. The predicted octanol–water partition coefficient (Wildman–Crippen LogP) is 2.29. The van der Waals surface area contributed by atoms with Crippen LogP contribution < -0.4 is 0 Å². The van der Waals surface area contributed by atoms with Crippen LogP contribution in [0.1, 0.15) is 72.1 Å². The molecule has 0 amide bonds. The van der Waals surface area contributed by atoms with Gasteiger partial charge in [0.25, 0.3) is 0 Å². The average Bonchev–Trinajstić information content (AvgIpc) is 3.45. The molecule has 4 saturated carbocycles. The highest BCUT2D eigenvalue weighted by molar-refractivity contribution is 5.93. The van der Waals surface area contributed by atoms with E-state index in [1.807, 2.05) is 13.8 Å². The Morgan fingerprint density at radius 3 is 2.51 bits per heavy atom. The van der Waals surface area contributed by atoms with Gasteiger partial charge in [-0.25, -0.2) is 4.79 Å². The summed E-state index contributed by atoms with van der Waals surface area (Å²) in [6.07, 6.45) is 4.01. The first-order valence-electron chi connectivity index (χ1n) is 14.8.